The molecule has 0 amide bonds. The zero-order valence-electron chi connectivity index (χ0n) is 7.83. The van der Waals surface area contributed by atoms with Gasteiger partial charge >= 0.3 is 0 Å². The lowest BCUT2D eigenvalue weighted by Crippen LogP contribution is -1.70. The maximum atomic E-state index is 9.88. The van der Waals surface area contributed by atoms with Gasteiger partial charge in [0.1, 0.15) is 6.29 Å². The van der Waals surface area contributed by atoms with Crippen LogP contribution in [0, 0.1) is 0 Å². The van der Waals surface area contributed by atoms with Gasteiger partial charge in [0.2, 0.25) is 0 Å². The summed E-state index contributed by atoms with van der Waals surface area (Å²) in [7, 11) is 0. The molecule has 0 spiro atoms. The number of aldehydes is 1. The van der Waals surface area contributed by atoms with Gasteiger partial charge in [-0.25, -0.2) is 0 Å². The summed E-state index contributed by atoms with van der Waals surface area (Å²) in [6, 6.07) is 0. The molecule has 0 unspecified atom stereocenters. The zero-order valence-corrected chi connectivity index (χ0v) is 7.83. The van der Waals surface area contributed by atoms with Crippen LogP contribution < -0.4 is 0 Å². The molecule has 0 saturated carbocycles. The molecule has 0 heterocycles. The third-order valence-electron chi connectivity index (χ3n) is 1.58. The minimum atomic E-state index is 0.826. The molecule has 0 rings (SSSR count). The fraction of sp³-hybridized carbons (Fsp3) is 0.545. The molecule has 0 atom stereocenters. The Morgan fingerprint density at radius 1 is 1.00 bits per heavy atom. The van der Waals surface area contributed by atoms with E-state index >= 15 is 0 Å². The normalized spacial score (nSPS) is 11.4. The molecule has 1 heteroatoms. The van der Waals surface area contributed by atoms with E-state index in [1.165, 1.54) is 12.8 Å². The average Bonchev–Trinajstić information content (AvgIpc) is 2.10. The number of hydrogen-bond donors (Lipinski definition) is 0. The van der Waals surface area contributed by atoms with Crippen LogP contribution in [-0.4, -0.2) is 6.29 Å². The summed E-state index contributed by atoms with van der Waals surface area (Å²) in [5, 5.41) is 0. The van der Waals surface area contributed by atoms with Gasteiger partial charge in [-0.3, -0.25) is 4.79 Å². The van der Waals surface area contributed by atoms with Gasteiger partial charge in [-0.05, 0) is 31.8 Å². The van der Waals surface area contributed by atoms with Crippen LogP contribution in [-0.2, 0) is 4.79 Å². The second-order valence-electron chi connectivity index (χ2n) is 2.76. The van der Waals surface area contributed by atoms with Gasteiger partial charge in [-0.15, -0.1) is 0 Å². The Morgan fingerprint density at radius 2 is 1.67 bits per heavy atom. The Kier molecular flexibility index (Phi) is 9.43. The highest BCUT2D eigenvalue weighted by atomic mass is 16.1. The Balaban J connectivity index is 3.09. The number of allylic oxidation sites excluding steroid dienone is 4. The van der Waals surface area contributed by atoms with Gasteiger partial charge in [-0.1, -0.05) is 31.6 Å². The Bertz CT molecular complexity index is 145. The number of carbonyl (C=O) groups is 1. The smallest absolute Gasteiger partial charge is 0.142 e. The molecule has 0 radical (unpaired) electrons. The molecular weight excluding hydrogens is 148 g/mol. The Morgan fingerprint density at radius 3 is 2.33 bits per heavy atom. The predicted molar refractivity (Wildman–Crippen MR) is 53.1 cm³/mol. The van der Waals surface area contributed by atoms with Gasteiger partial charge in [0.25, 0.3) is 0 Å². The van der Waals surface area contributed by atoms with Gasteiger partial charge < -0.3 is 0 Å². The first-order valence-corrected chi connectivity index (χ1v) is 4.67. The number of unbranched alkanes of at least 4 members (excludes halogenated alkanes) is 3. The molecule has 12 heavy (non-hydrogen) atoms. The van der Waals surface area contributed by atoms with Gasteiger partial charge in [-0.2, -0.15) is 0 Å². The molecule has 0 aliphatic carbocycles. The minimum Gasteiger partial charge on any atom is -0.299 e. The fourth-order valence-corrected chi connectivity index (χ4v) is 0.908. The highest BCUT2D eigenvalue weighted by Crippen LogP contribution is 1.99. The van der Waals surface area contributed by atoms with E-state index in [0.717, 1.165) is 25.5 Å². The van der Waals surface area contributed by atoms with Crippen LogP contribution >= 0.6 is 0 Å². The van der Waals surface area contributed by atoms with E-state index in [0.29, 0.717) is 0 Å². The number of carbonyl (C=O) groups excluding carboxylic acids is 1. The summed E-state index contributed by atoms with van der Waals surface area (Å²) in [4.78, 5) is 9.88. The number of rotatable bonds is 7. The summed E-state index contributed by atoms with van der Waals surface area (Å²) in [5.41, 5.74) is 0. The van der Waals surface area contributed by atoms with E-state index in [9.17, 15) is 4.79 Å². The molecule has 68 valence electrons. The third kappa shape index (κ3) is 9.15. The second-order valence-corrected chi connectivity index (χ2v) is 2.76. The lowest BCUT2D eigenvalue weighted by atomic mass is 10.2. The van der Waals surface area contributed by atoms with Crippen molar-refractivity contribution in [3.63, 3.8) is 0 Å². The Hall–Kier alpha value is -0.850. The monoisotopic (exact) mass is 166 g/mol. The van der Waals surface area contributed by atoms with Crippen LogP contribution in [0.15, 0.2) is 24.3 Å². The summed E-state index contributed by atoms with van der Waals surface area (Å²) in [6.45, 7) is 2.18. The maximum absolute atomic E-state index is 9.88. The van der Waals surface area contributed by atoms with Crippen molar-refractivity contribution in [2.75, 3.05) is 0 Å². The molecule has 0 fully saturated rings. The van der Waals surface area contributed by atoms with E-state index in [4.69, 9.17) is 0 Å². The lowest BCUT2D eigenvalue weighted by molar-refractivity contribution is -0.104. The standard InChI is InChI=1S/C11H18O/c1-2-3-4-5-6-7-8-9-10-11-12/h4-5,9-11H,2-3,6-8H2,1H3/b5-4-,10-9+. The van der Waals surface area contributed by atoms with Crippen molar-refractivity contribution >= 4 is 6.29 Å². The molecule has 0 saturated heterocycles. The van der Waals surface area contributed by atoms with Crippen LogP contribution in [0.1, 0.15) is 39.0 Å². The van der Waals surface area contributed by atoms with E-state index < -0.39 is 0 Å². The summed E-state index contributed by atoms with van der Waals surface area (Å²) in [5.74, 6) is 0. The van der Waals surface area contributed by atoms with Crippen molar-refractivity contribution < 1.29 is 4.79 Å². The third-order valence-corrected chi connectivity index (χ3v) is 1.58. The molecular formula is C11H18O. The van der Waals surface area contributed by atoms with Crippen LogP contribution in [0.2, 0.25) is 0 Å². The SMILES string of the molecule is CCC/C=C\CCC/C=C/C=O. The quantitative estimate of drug-likeness (QED) is 0.245. The van der Waals surface area contributed by atoms with Crippen LogP contribution in [0.3, 0.4) is 0 Å². The Labute approximate surface area is 75.2 Å². The number of hydrogen-bond acceptors (Lipinski definition) is 1. The highest BCUT2D eigenvalue weighted by Gasteiger charge is 1.79. The van der Waals surface area contributed by atoms with Gasteiger partial charge in [0, 0.05) is 0 Å². The molecule has 0 N–H and O–H groups in total. The van der Waals surface area contributed by atoms with Crippen LogP contribution in [0.25, 0.3) is 0 Å². The lowest BCUT2D eigenvalue weighted by Gasteiger charge is -1.89. The first kappa shape index (κ1) is 11.2. The summed E-state index contributed by atoms with van der Waals surface area (Å²) < 4.78 is 0. The van der Waals surface area contributed by atoms with Crippen molar-refractivity contribution in [1.29, 1.82) is 0 Å². The molecule has 0 aliphatic rings. The van der Waals surface area contributed by atoms with E-state index in [2.05, 4.69) is 19.1 Å². The average molecular weight is 166 g/mol. The van der Waals surface area contributed by atoms with Crippen LogP contribution in [0.5, 0.6) is 0 Å². The van der Waals surface area contributed by atoms with E-state index in [-0.39, 0.29) is 0 Å². The van der Waals surface area contributed by atoms with Gasteiger partial charge in [0.05, 0.1) is 0 Å². The molecule has 0 aromatic carbocycles. The summed E-state index contributed by atoms with van der Waals surface area (Å²) >= 11 is 0. The van der Waals surface area contributed by atoms with E-state index in [1.54, 1.807) is 6.08 Å². The molecule has 1 nitrogen and oxygen atoms in total. The fourth-order valence-electron chi connectivity index (χ4n) is 0.908. The summed E-state index contributed by atoms with van der Waals surface area (Å²) in [6.07, 6.45) is 14.4. The molecule has 0 aromatic rings. The highest BCUT2D eigenvalue weighted by molar-refractivity contribution is 5.64. The topological polar surface area (TPSA) is 17.1 Å². The van der Waals surface area contributed by atoms with Crippen molar-refractivity contribution in [3.05, 3.63) is 24.3 Å². The largest absolute Gasteiger partial charge is 0.299 e. The van der Waals surface area contributed by atoms with Crippen molar-refractivity contribution in [2.45, 2.75) is 39.0 Å². The predicted octanol–water partition coefficient (Wildman–Crippen LogP) is 3.27. The van der Waals surface area contributed by atoms with Crippen LogP contribution in [0.4, 0.5) is 0 Å². The molecule has 0 aliphatic heterocycles. The first-order chi connectivity index (χ1) is 5.91. The molecule has 0 bridgehead atoms. The van der Waals surface area contributed by atoms with Crippen molar-refractivity contribution in [3.8, 4) is 0 Å². The second kappa shape index (κ2) is 10.2. The van der Waals surface area contributed by atoms with Crippen molar-refractivity contribution in [1.82, 2.24) is 0 Å². The maximum Gasteiger partial charge on any atom is 0.142 e. The van der Waals surface area contributed by atoms with E-state index in [1.807, 2.05) is 6.08 Å². The zero-order chi connectivity index (χ0) is 9.07. The van der Waals surface area contributed by atoms with Crippen molar-refractivity contribution in [2.24, 2.45) is 0 Å². The molecule has 0 aromatic heterocycles. The minimum absolute atomic E-state index is 0.826. The van der Waals surface area contributed by atoms with Gasteiger partial charge in [0.15, 0.2) is 0 Å². The first-order valence-electron chi connectivity index (χ1n) is 4.67.